The van der Waals surface area contributed by atoms with Crippen molar-refractivity contribution in [3.8, 4) is 0 Å². The Morgan fingerprint density at radius 1 is 0.925 bits per heavy atom. The summed E-state index contributed by atoms with van der Waals surface area (Å²) in [6.07, 6.45) is 2.12. The van der Waals surface area contributed by atoms with E-state index in [4.69, 9.17) is 11.6 Å². The van der Waals surface area contributed by atoms with Gasteiger partial charge in [-0.15, -0.1) is 0 Å². The first-order valence-corrected chi connectivity index (χ1v) is 15.4. The van der Waals surface area contributed by atoms with Crippen molar-refractivity contribution in [3.63, 3.8) is 0 Å². The minimum atomic E-state index is -4.14. The normalized spacial score (nSPS) is 12.0. The van der Waals surface area contributed by atoms with Gasteiger partial charge in [0, 0.05) is 18.1 Å². The molecule has 2 amide bonds. The molecule has 0 aliphatic rings. The molecule has 7 nitrogen and oxygen atoms in total. The quantitative estimate of drug-likeness (QED) is 0.255. The van der Waals surface area contributed by atoms with Crippen LogP contribution in [0.15, 0.2) is 77.7 Å². The van der Waals surface area contributed by atoms with E-state index >= 15 is 0 Å². The molecule has 3 rings (SSSR count). The SMILES string of the molecule is CCCCNC(=O)[C@H](CC)N(Cc1ccc(C)cc1)C(=O)CN(c1cccc(Cl)c1C)S(=O)(=O)c1ccccc1. The molecule has 1 atom stereocenters. The van der Waals surface area contributed by atoms with Crippen molar-refractivity contribution in [2.45, 2.75) is 64.4 Å². The van der Waals surface area contributed by atoms with E-state index in [-0.39, 0.29) is 17.3 Å². The number of anilines is 1. The monoisotopic (exact) mass is 583 g/mol. The molecule has 0 saturated heterocycles. The van der Waals surface area contributed by atoms with Crippen LogP contribution < -0.4 is 9.62 Å². The Bertz CT molecular complexity index is 1400. The van der Waals surface area contributed by atoms with Gasteiger partial charge in [-0.25, -0.2) is 8.42 Å². The lowest BCUT2D eigenvalue weighted by molar-refractivity contribution is -0.140. The summed E-state index contributed by atoms with van der Waals surface area (Å²) < 4.78 is 29.0. The summed E-state index contributed by atoms with van der Waals surface area (Å²) in [7, 11) is -4.14. The molecule has 0 radical (unpaired) electrons. The molecule has 0 unspecified atom stereocenters. The summed E-state index contributed by atoms with van der Waals surface area (Å²) in [6.45, 7) is 7.75. The van der Waals surface area contributed by atoms with Crippen LogP contribution in [0.2, 0.25) is 5.02 Å². The molecule has 0 aromatic heterocycles. The molecular weight excluding hydrogens is 546 g/mol. The number of hydrogen-bond donors (Lipinski definition) is 1. The van der Waals surface area contributed by atoms with Crippen LogP contribution in [0.1, 0.15) is 49.8 Å². The predicted octanol–water partition coefficient (Wildman–Crippen LogP) is 5.88. The zero-order chi connectivity index (χ0) is 29.3. The third kappa shape index (κ3) is 7.64. The molecule has 0 heterocycles. The highest BCUT2D eigenvalue weighted by atomic mass is 35.5. The molecule has 40 heavy (non-hydrogen) atoms. The van der Waals surface area contributed by atoms with E-state index in [9.17, 15) is 18.0 Å². The van der Waals surface area contributed by atoms with E-state index in [0.29, 0.717) is 29.2 Å². The predicted molar refractivity (Wildman–Crippen MR) is 161 cm³/mol. The fourth-order valence-corrected chi connectivity index (χ4v) is 6.08. The first-order valence-electron chi connectivity index (χ1n) is 13.6. The third-order valence-electron chi connectivity index (χ3n) is 6.81. The number of amides is 2. The summed E-state index contributed by atoms with van der Waals surface area (Å²) in [6, 6.07) is 19.9. The van der Waals surface area contributed by atoms with Crippen molar-refractivity contribution in [2.24, 2.45) is 0 Å². The Labute approximate surface area is 243 Å². The smallest absolute Gasteiger partial charge is 0.264 e. The summed E-state index contributed by atoms with van der Waals surface area (Å²) in [5.74, 6) is -0.746. The molecule has 3 aromatic carbocycles. The van der Waals surface area contributed by atoms with E-state index in [1.165, 1.54) is 17.0 Å². The van der Waals surface area contributed by atoms with Crippen molar-refractivity contribution in [3.05, 3.63) is 94.5 Å². The van der Waals surface area contributed by atoms with Crippen molar-refractivity contribution >= 4 is 39.1 Å². The number of nitrogens with zero attached hydrogens (tertiary/aromatic N) is 2. The van der Waals surface area contributed by atoms with Crippen LogP contribution in [-0.2, 0) is 26.2 Å². The number of sulfonamides is 1. The number of aryl methyl sites for hydroxylation is 1. The number of nitrogens with one attached hydrogen (secondary N) is 1. The van der Waals surface area contributed by atoms with Gasteiger partial charge in [-0.05, 0) is 62.1 Å². The number of unbranched alkanes of at least 4 members (excludes halogenated alkanes) is 1. The molecule has 3 aromatic rings. The first kappa shape index (κ1) is 31.2. The zero-order valence-electron chi connectivity index (χ0n) is 23.6. The molecule has 0 aliphatic heterocycles. The Morgan fingerprint density at radius 3 is 2.23 bits per heavy atom. The van der Waals surface area contributed by atoms with Gasteiger partial charge in [-0.3, -0.25) is 13.9 Å². The van der Waals surface area contributed by atoms with Crippen LogP contribution >= 0.6 is 11.6 Å². The lowest BCUT2D eigenvalue weighted by atomic mass is 10.1. The van der Waals surface area contributed by atoms with Crippen LogP contribution in [0.3, 0.4) is 0 Å². The fraction of sp³-hybridized carbons (Fsp3) is 0.355. The molecule has 0 fully saturated rings. The summed E-state index contributed by atoms with van der Waals surface area (Å²) in [4.78, 5) is 28.9. The van der Waals surface area contributed by atoms with Crippen LogP contribution in [0.4, 0.5) is 5.69 Å². The van der Waals surface area contributed by atoms with E-state index in [1.54, 1.807) is 43.3 Å². The van der Waals surface area contributed by atoms with E-state index in [2.05, 4.69) is 5.32 Å². The summed E-state index contributed by atoms with van der Waals surface area (Å²) in [5, 5.41) is 3.33. The second-order valence-corrected chi connectivity index (χ2v) is 12.1. The molecule has 1 N–H and O–H groups in total. The van der Waals surface area contributed by atoms with Gasteiger partial charge in [0.25, 0.3) is 10.0 Å². The van der Waals surface area contributed by atoms with Crippen molar-refractivity contribution < 1.29 is 18.0 Å². The van der Waals surface area contributed by atoms with Crippen molar-refractivity contribution in [2.75, 3.05) is 17.4 Å². The van der Waals surface area contributed by atoms with Gasteiger partial charge in [0.1, 0.15) is 12.6 Å². The number of carbonyl (C=O) groups excluding carboxylic acids is 2. The number of hydrogen-bond acceptors (Lipinski definition) is 4. The zero-order valence-corrected chi connectivity index (χ0v) is 25.1. The third-order valence-corrected chi connectivity index (χ3v) is 8.99. The molecule has 9 heteroatoms. The van der Waals surface area contributed by atoms with Crippen LogP contribution in [0.5, 0.6) is 0 Å². The van der Waals surface area contributed by atoms with Crippen LogP contribution in [0, 0.1) is 13.8 Å². The molecular formula is C31H38ClN3O4S. The summed E-state index contributed by atoms with van der Waals surface area (Å²) in [5.41, 5.74) is 2.75. The van der Waals surface area contributed by atoms with Gasteiger partial charge >= 0.3 is 0 Å². The van der Waals surface area contributed by atoms with Crippen molar-refractivity contribution in [1.29, 1.82) is 0 Å². The van der Waals surface area contributed by atoms with Gasteiger partial charge in [0.2, 0.25) is 11.8 Å². The maximum Gasteiger partial charge on any atom is 0.264 e. The standard InChI is InChI=1S/C31H38ClN3O4S/c1-5-7-20-33-31(37)28(6-2)34(21-25-18-16-23(3)17-19-25)30(36)22-35(29-15-11-14-27(32)24(29)4)40(38,39)26-12-9-8-10-13-26/h8-19,28H,5-7,20-22H2,1-4H3,(H,33,37)/t28-/m0/s1. The largest absolute Gasteiger partial charge is 0.354 e. The number of halogens is 1. The second-order valence-electron chi connectivity index (χ2n) is 9.78. The molecule has 0 spiro atoms. The second kappa shape index (κ2) is 14.3. The average Bonchev–Trinajstić information content (AvgIpc) is 2.95. The van der Waals surface area contributed by atoms with Gasteiger partial charge in [0.05, 0.1) is 10.6 Å². The first-order chi connectivity index (χ1) is 19.1. The number of carbonyl (C=O) groups is 2. The van der Waals surface area contributed by atoms with E-state index in [0.717, 1.165) is 28.3 Å². The topological polar surface area (TPSA) is 86.8 Å². The molecule has 0 bridgehead atoms. The number of rotatable bonds is 13. The minimum absolute atomic E-state index is 0.0524. The highest BCUT2D eigenvalue weighted by molar-refractivity contribution is 7.92. The Balaban J connectivity index is 2.06. The highest BCUT2D eigenvalue weighted by Gasteiger charge is 2.34. The molecule has 214 valence electrons. The number of benzene rings is 3. The lowest BCUT2D eigenvalue weighted by Crippen LogP contribution is -2.52. The average molecular weight is 584 g/mol. The van der Waals surface area contributed by atoms with Crippen LogP contribution in [0.25, 0.3) is 0 Å². The summed E-state index contributed by atoms with van der Waals surface area (Å²) >= 11 is 6.38. The lowest BCUT2D eigenvalue weighted by Gasteiger charge is -2.33. The van der Waals surface area contributed by atoms with E-state index in [1.807, 2.05) is 45.0 Å². The Hall–Kier alpha value is -3.36. The van der Waals surface area contributed by atoms with Gasteiger partial charge < -0.3 is 10.2 Å². The Morgan fingerprint density at radius 2 is 1.60 bits per heavy atom. The highest BCUT2D eigenvalue weighted by Crippen LogP contribution is 2.31. The van der Waals surface area contributed by atoms with Gasteiger partial charge in [-0.1, -0.05) is 86.0 Å². The Kier molecular flexibility index (Phi) is 11.2. The minimum Gasteiger partial charge on any atom is -0.354 e. The van der Waals surface area contributed by atoms with E-state index < -0.39 is 28.5 Å². The molecule has 0 aliphatic carbocycles. The van der Waals surface area contributed by atoms with Crippen molar-refractivity contribution in [1.82, 2.24) is 10.2 Å². The van der Waals surface area contributed by atoms with Crippen LogP contribution in [-0.4, -0.2) is 44.3 Å². The maximum atomic E-state index is 14.1. The molecule has 0 saturated carbocycles. The van der Waals surface area contributed by atoms with Gasteiger partial charge in [0.15, 0.2) is 0 Å². The fourth-order valence-electron chi connectivity index (χ4n) is 4.42. The maximum absolute atomic E-state index is 14.1. The van der Waals surface area contributed by atoms with Gasteiger partial charge in [-0.2, -0.15) is 0 Å².